The highest BCUT2D eigenvalue weighted by atomic mass is 32.2. The molecule has 0 saturated heterocycles. The van der Waals surface area contributed by atoms with Gasteiger partial charge in [0.2, 0.25) is 23.6 Å². The van der Waals surface area contributed by atoms with Gasteiger partial charge in [0, 0.05) is 31.5 Å². The molecular weight excluding hydrogens is 526 g/mol. The van der Waals surface area contributed by atoms with Crippen LogP contribution in [0.2, 0.25) is 0 Å². The number of hydrogen-bond donors (Lipinski definition) is 4. The van der Waals surface area contributed by atoms with Gasteiger partial charge in [-0.2, -0.15) is 0 Å². The van der Waals surface area contributed by atoms with Gasteiger partial charge in [0.1, 0.15) is 25.8 Å². The first-order valence-corrected chi connectivity index (χ1v) is 14.4. The SMILES string of the molecule is [2H]C(=O)CCCCCSCNC(=O)[C@H](C)NC(=O)[C@@H](C)NC(=O)[C@H](C)NC(=O)CCCCCN1C(=O)C=CC1=O. The Balaban J connectivity index is 2.19. The monoisotopic (exact) mass is 568 g/mol. The Labute approximate surface area is 235 Å². The Morgan fingerprint density at radius 2 is 1.41 bits per heavy atom. The van der Waals surface area contributed by atoms with E-state index in [-0.39, 0.29) is 36.5 Å². The van der Waals surface area contributed by atoms with E-state index in [1.807, 2.05) is 0 Å². The summed E-state index contributed by atoms with van der Waals surface area (Å²) >= 11 is 1.52. The summed E-state index contributed by atoms with van der Waals surface area (Å²) in [7, 11) is 0. The number of amides is 6. The highest BCUT2D eigenvalue weighted by molar-refractivity contribution is 7.99. The van der Waals surface area contributed by atoms with Crippen molar-refractivity contribution in [2.24, 2.45) is 0 Å². The summed E-state index contributed by atoms with van der Waals surface area (Å²) in [4.78, 5) is 83.9. The summed E-state index contributed by atoms with van der Waals surface area (Å²) in [6.07, 6.45) is 6.46. The van der Waals surface area contributed by atoms with Crippen molar-refractivity contribution < 1.29 is 34.9 Å². The predicted molar refractivity (Wildman–Crippen MR) is 147 cm³/mol. The number of carbonyl (C=O) groups is 7. The Hall–Kier alpha value is -3.22. The fraction of sp³-hybridized carbons (Fsp3) is 0.654. The zero-order valence-electron chi connectivity index (χ0n) is 23.9. The van der Waals surface area contributed by atoms with Crippen LogP contribution >= 0.6 is 11.8 Å². The minimum absolute atomic E-state index is 0.172. The molecule has 1 aliphatic heterocycles. The van der Waals surface area contributed by atoms with Crippen LogP contribution in [0.15, 0.2) is 12.2 Å². The maximum Gasteiger partial charge on any atom is 0.253 e. The number of nitrogens with zero attached hydrogens (tertiary/aromatic N) is 1. The third kappa shape index (κ3) is 13.9. The van der Waals surface area contributed by atoms with Gasteiger partial charge in [-0.15, -0.1) is 11.8 Å². The second kappa shape index (κ2) is 18.9. The standard InChI is InChI=1S/C26H41N5O7S/c1-18(24(36)27-17-39-16-10-5-4-9-15-32)29-26(38)20(3)30-25(37)19(2)28-21(33)11-7-6-8-14-31-22(34)12-13-23(31)35/h12-13,15,18-20H,4-11,14,16-17H2,1-3H3,(H,27,36)(H,28,33)(H,29,38)(H,30,37)/t18-,19-,20+/m0/s1/i15D. The summed E-state index contributed by atoms with van der Waals surface area (Å²) in [5.41, 5.74) is 0. The first kappa shape index (κ1) is 32.0. The molecule has 1 heterocycles. The van der Waals surface area contributed by atoms with E-state index < -0.39 is 36.2 Å². The number of rotatable bonds is 20. The van der Waals surface area contributed by atoms with Crippen molar-refractivity contribution in [2.45, 2.75) is 90.3 Å². The fourth-order valence-electron chi connectivity index (χ4n) is 3.50. The van der Waals surface area contributed by atoms with Gasteiger partial charge in [-0.3, -0.25) is 33.7 Å². The fourth-order valence-corrected chi connectivity index (χ4v) is 4.29. The molecule has 218 valence electrons. The van der Waals surface area contributed by atoms with Crippen molar-refractivity contribution >= 4 is 53.5 Å². The molecule has 0 fully saturated rings. The second-order valence-corrected chi connectivity index (χ2v) is 10.4. The third-order valence-corrected chi connectivity index (χ3v) is 6.80. The van der Waals surface area contributed by atoms with Crippen LogP contribution in [0.5, 0.6) is 0 Å². The van der Waals surface area contributed by atoms with E-state index in [1.165, 1.54) is 44.7 Å². The lowest BCUT2D eigenvalue weighted by molar-refractivity contribution is -0.137. The smallest absolute Gasteiger partial charge is 0.253 e. The molecule has 0 radical (unpaired) electrons. The van der Waals surface area contributed by atoms with E-state index in [0.29, 0.717) is 38.1 Å². The van der Waals surface area contributed by atoms with Gasteiger partial charge in [-0.25, -0.2) is 0 Å². The molecule has 0 aromatic carbocycles. The van der Waals surface area contributed by atoms with Crippen LogP contribution in [0.25, 0.3) is 0 Å². The van der Waals surface area contributed by atoms with Crippen LogP contribution in [0, 0.1) is 0 Å². The predicted octanol–water partition coefficient (Wildman–Crippen LogP) is 0.552. The number of imide groups is 1. The van der Waals surface area contributed by atoms with Gasteiger partial charge in [-0.05, 0) is 52.2 Å². The molecule has 39 heavy (non-hydrogen) atoms. The van der Waals surface area contributed by atoms with Crippen LogP contribution in [-0.4, -0.2) is 82.9 Å². The molecule has 0 unspecified atom stereocenters. The number of carbonyl (C=O) groups excluding carboxylic acids is 7. The molecular formula is C26H41N5O7S. The molecule has 0 aliphatic carbocycles. The Kier molecular flexibility index (Phi) is 15.5. The molecule has 13 heteroatoms. The normalized spacial score (nSPS) is 15.3. The van der Waals surface area contributed by atoms with Crippen molar-refractivity contribution in [3.63, 3.8) is 0 Å². The number of hydrogen-bond acceptors (Lipinski definition) is 8. The van der Waals surface area contributed by atoms with Crippen molar-refractivity contribution in [1.29, 1.82) is 0 Å². The van der Waals surface area contributed by atoms with Crippen molar-refractivity contribution in [1.82, 2.24) is 26.2 Å². The Bertz CT molecular complexity index is 944. The van der Waals surface area contributed by atoms with Gasteiger partial charge in [-0.1, -0.05) is 12.8 Å². The summed E-state index contributed by atoms with van der Waals surface area (Å²) in [5, 5.41) is 10.4. The van der Waals surface area contributed by atoms with Gasteiger partial charge in [0.25, 0.3) is 11.8 Å². The average Bonchev–Trinajstić information content (AvgIpc) is 3.21. The molecule has 4 N–H and O–H groups in total. The third-order valence-electron chi connectivity index (χ3n) is 5.88. The zero-order valence-corrected chi connectivity index (χ0v) is 23.7. The summed E-state index contributed by atoms with van der Waals surface area (Å²) in [6, 6.07) is -2.62. The van der Waals surface area contributed by atoms with Gasteiger partial charge >= 0.3 is 0 Å². The highest BCUT2D eigenvalue weighted by Crippen LogP contribution is 2.08. The minimum Gasteiger partial charge on any atom is -0.345 e. The van der Waals surface area contributed by atoms with Crippen LogP contribution in [-0.2, 0) is 33.6 Å². The Morgan fingerprint density at radius 3 is 2.03 bits per heavy atom. The van der Waals surface area contributed by atoms with E-state index in [9.17, 15) is 33.6 Å². The van der Waals surface area contributed by atoms with Crippen LogP contribution in [0.4, 0.5) is 0 Å². The molecule has 0 aromatic heterocycles. The van der Waals surface area contributed by atoms with Crippen molar-refractivity contribution in [3.8, 4) is 0 Å². The Morgan fingerprint density at radius 1 is 0.846 bits per heavy atom. The number of unbranched alkanes of at least 4 members (excludes halogenated alkanes) is 4. The minimum atomic E-state index is -0.933. The van der Waals surface area contributed by atoms with Crippen LogP contribution in [0.3, 0.4) is 0 Å². The molecule has 1 rings (SSSR count). The van der Waals surface area contributed by atoms with E-state index in [1.54, 1.807) is 0 Å². The lowest BCUT2D eigenvalue weighted by Crippen LogP contribution is -2.54. The van der Waals surface area contributed by atoms with Gasteiger partial charge in [0.05, 0.1) is 5.88 Å². The molecule has 1 aliphatic rings. The van der Waals surface area contributed by atoms with Crippen LogP contribution in [0.1, 0.15) is 73.5 Å². The summed E-state index contributed by atoms with van der Waals surface area (Å²) in [5.74, 6) is -1.29. The molecule has 0 saturated carbocycles. The maximum absolute atomic E-state index is 12.4. The van der Waals surface area contributed by atoms with Crippen LogP contribution < -0.4 is 21.3 Å². The zero-order chi connectivity index (χ0) is 30.1. The molecule has 6 amide bonds. The quantitative estimate of drug-likeness (QED) is 0.0714. The van der Waals surface area contributed by atoms with E-state index in [2.05, 4.69) is 21.3 Å². The van der Waals surface area contributed by atoms with Gasteiger partial charge in [0.15, 0.2) is 0 Å². The van der Waals surface area contributed by atoms with E-state index >= 15 is 0 Å². The summed E-state index contributed by atoms with van der Waals surface area (Å²) in [6.45, 7) is 4.80. The molecule has 0 aromatic rings. The highest BCUT2D eigenvalue weighted by Gasteiger charge is 2.24. The summed E-state index contributed by atoms with van der Waals surface area (Å²) < 4.78 is 6.85. The number of thioether (sulfide) groups is 1. The van der Waals surface area contributed by atoms with E-state index in [4.69, 9.17) is 1.37 Å². The average molecular weight is 569 g/mol. The first-order chi connectivity index (χ1) is 18.9. The molecule has 0 bridgehead atoms. The van der Waals surface area contributed by atoms with Crippen molar-refractivity contribution in [3.05, 3.63) is 12.2 Å². The lowest BCUT2D eigenvalue weighted by atomic mass is 10.1. The van der Waals surface area contributed by atoms with Gasteiger partial charge < -0.3 is 26.1 Å². The molecule has 12 nitrogen and oxygen atoms in total. The lowest BCUT2D eigenvalue weighted by Gasteiger charge is -2.20. The molecule has 0 spiro atoms. The topological polar surface area (TPSA) is 171 Å². The molecule has 3 atom stereocenters. The van der Waals surface area contributed by atoms with Crippen molar-refractivity contribution in [2.75, 3.05) is 18.2 Å². The van der Waals surface area contributed by atoms with E-state index in [0.717, 1.165) is 23.5 Å². The largest absolute Gasteiger partial charge is 0.345 e. The number of aldehydes is 1. The first-order valence-electron chi connectivity index (χ1n) is 13.7. The maximum atomic E-state index is 12.4. The number of nitrogens with one attached hydrogen (secondary N) is 4. The second-order valence-electron chi connectivity index (χ2n) is 9.27.